The third kappa shape index (κ3) is 3.23. The van der Waals surface area contributed by atoms with Crippen molar-refractivity contribution in [2.75, 3.05) is 6.54 Å². The van der Waals surface area contributed by atoms with Gasteiger partial charge in [0.1, 0.15) is 0 Å². The second-order valence-corrected chi connectivity index (χ2v) is 7.22. The summed E-state index contributed by atoms with van der Waals surface area (Å²) in [6, 6.07) is 16.0. The zero-order valence-electron chi connectivity index (χ0n) is 16.0. The molecule has 1 aromatic carbocycles. The lowest BCUT2D eigenvalue weighted by molar-refractivity contribution is -0.123. The van der Waals surface area contributed by atoms with E-state index in [1.54, 1.807) is 18.3 Å². The lowest BCUT2D eigenvalue weighted by Crippen LogP contribution is -2.35. The van der Waals surface area contributed by atoms with Gasteiger partial charge in [0.05, 0.1) is 23.1 Å². The number of pyridine rings is 1. The molecule has 1 N–H and O–H groups in total. The number of carbonyl (C=O) groups is 1. The maximum atomic E-state index is 13.2. The first-order chi connectivity index (χ1) is 14.3. The SMILES string of the molecule is O=C(/C=C/c1ccccn1)N1CCC2=C3C=CC=CC3NC2=C1c1ccccc1. The lowest BCUT2D eigenvalue weighted by Gasteiger charge is -2.32. The van der Waals surface area contributed by atoms with Gasteiger partial charge in [-0.15, -0.1) is 0 Å². The van der Waals surface area contributed by atoms with Crippen molar-refractivity contribution in [1.29, 1.82) is 0 Å². The average Bonchev–Trinajstić information content (AvgIpc) is 3.17. The molecule has 29 heavy (non-hydrogen) atoms. The van der Waals surface area contributed by atoms with E-state index in [9.17, 15) is 4.79 Å². The smallest absolute Gasteiger partial charge is 0.251 e. The lowest BCUT2D eigenvalue weighted by atomic mass is 9.93. The molecule has 0 radical (unpaired) electrons. The molecule has 1 amide bonds. The van der Waals surface area contributed by atoms with Crippen molar-refractivity contribution in [3.63, 3.8) is 0 Å². The summed E-state index contributed by atoms with van der Waals surface area (Å²) in [7, 11) is 0. The predicted octanol–water partition coefficient (Wildman–Crippen LogP) is 4.09. The van der Waals surface area contributed by atoms with Gasteiger partial charge in [-0.2, -0.15) is 0 Å². The Labute approximate surface area is 170 Å². The molecule has 4 nitrogen and oxygen atoms in total. The van der Waals surface area contributed by atoms with Crippen LogP contribution in [0.1, 0.15) is 17.7 Å². The van der Waals surface area contributed by atoms with Gasteiger partial charge >= 0.3 is 0 Å². The molecule has 2 aromatic rings. The van der Waals surface area contributed by atoms with Gasteiger partial charge in [-0.3, -0.25) is 9.78 Å². The van der Waals surface area contributed by atoms with Crippen LogP contribution in [0.4, 0.5) is 0 Å². The molecule has 1 unspecified atom stereocenters. The number of aromatic nitrogens is 1. The molecule has 0 saturated carbocycles. The third-order valence-corrected chi connectivity index (χ3v) is 5.47. The maximum Gasteiger partial charge on any atom is 0.251 e. The van der Waals surface area contributed by atoms with Crippen molar-refractivity contribution in [2.24, 2.45) is 0 Å². The number of amides is 1. The molecule has 0 spiro atoms. The number of fused-ring (bicyclic) bond motifs is 2. The Morgan fingerprint density at radius 3 is 2.79 bits per heavy atom. The highest BCUT2D eigenvalue weighted by Crippen LogP contribution is 2.40. The molecule has 0 bridgehead atoms. The van der Waals surface area contributed by atoms with Gasteiger partial charge in [-0.1, -0.05) is 60.7 Å². The molecule has 4 heteroatoms. The van der Waals surface area contributed by atoms with Crippen molar-refractivity contribution < 1.29 is 4.79 Å². The van der Waals surface area contributed by atoms with Crippen LogP contribution in [0.3, 0.4) is 0 Å². The summed E-state index contributed by atoms with van der Waals surface area (Å²) in [5.41, 5.74) is 6.46. The van der Waals surface area contributed by atoms with E-state index in [0.717, 1.165) is 29.1 Å². The number of hydrogen-bond donors (Lipinski definition) is 1. The van der Waals surface area contributed by atoms with Crippen molar-refractivity contribution in [3.8, 4) is 0 Å². The molecule has 0 saturated heterocycles. The summed E-state index contributed by atoms with van der Waals surface area (Å²) in [6.45, 7) is 0.657. The molecule has 0 fully saturated rings. The van der Waals surface area contributed by atoms with Gasteiger partial charge in [0.2, 0.25) is 0 Å². The normalized spacial score (nSPS) is 20.1. The van der Waals surface area contributed by atoms with Crippen LogP contribution in [0, 0.1) is 0 Å². The molecule has 1 aliphatic carbocycles. The highest BCUT2D eigenvalue weighted by atomic mass is 16.2. The van der Waals surface area contributed by atoms with E-state index in [1.807, 2.05) is 41.3 Å². The molecule has 3 heterocycles. The summed E-state index contributed by atoms with van der Waals surface area (Å²) in [5.74, 6) is -0.0335. The van der Waals surface area contributed by atoms with Gasteiger partial charge in [-0.05, 0) is 35.8 Å². The van der Waals surface area contributed by atoms with Crippen LogP contribution in [0.2, 0.25) is 0 Å². The predicted molar refractivity (Wildman–Crippen MR) is 115 cm³/mol. The average molecular weight is 379 g/mol. The first-order valence-corrected chi connectivity index (χ1v) is 9.86. The van der Waals surface area contributed by atoms with Crippen molar-refractivity contribution in [1.82, 2.24) is 15.2 Å². The second-order valence-electron chi connectivity index (χ2n) is 7.22. The maximum absolute atomic E-state index is 13.2. The Bertz CT molecular complexity index is 1090. The highest BCUT2D eigenvalue weighted by Gasteiger charge is 2.35. The fourth-order valence-electron chi connectivity index (χ4n) is 4.13. The summed E-state index contributed by atoms with van der Waals surface area (Å²) >= 11 is 0. The van der Waals surface area contributed by atoms with E-state index < -0.39 is 0 Å². The van der Waals surface area contributed by atoms with Crippen molar-refractivity contribution in [2.45, 2.75) is 12.5 Å². The fraction of sp³-hybridized carbons (Fsp3) is 0.120. The number of benzene rings is 1. The summed E-state index contributed by atoms with van der Waals surface area (Å²) in [5, 5.41) is 3.64. The number of nitrogens with zero attached hydrogens (tertiary/aromatic N) is 2. The van der Waals surface area contributed by atoms with E-state index >= 15 is 0 Å². The third-order valence-electron chi connectivity index (χ3n) is 5.47. The van der Waals surface area contributed by atoms with Gasteiger partial charge in [-0.25, -0.2) is 0 Å². The Kier molecular flexibility index (Phi) is 4.45. The van der Waals surface area contributed by atoms with Gasteiger partial charge in [0.15, 0.2) is 0 Å². The fourth-order valence-corrected chi connectivity index (χ4v) is 4.13. The number of hydrogen-bond acceptors (Lipinski definition) is 3. The summed E-state index contributed by atoms with van der Waals surface area (Å²) in [4.78, 5) is 19.3. The monoisotopic (exact) mass is 379 g/mol. The Hall–Kier alpha value is -3.66. The topological polar surface area (TPSA) is 45.2 Å². The zero-order chi connectivity index (χ0) is 19.6. The Morgan fingerprint density at radius 2 is 1.97 bits per heavy atom. The van der Waals surface area contributed by atoms with Crippen molar-refractivity contribution >= 4 is 17.7 Å². The van der Waals surface area contributed by atoms with Crippen LogP contribution in [0.5, 0.6) is 0 Å². The molecular formula is C25H21N3O. The molecule has 5 rings (SSSR count). The molecule has 1 aromatic heterocycles. The van der Waals surface area contributed by atoms with E-state index in [4.69, 9.17) is 0 Å². The van der Waals surface area contributed by atoms with Crippen LogP contribution in [-0.2, 0) is 4.79 Å². The molecular weight excluding hydrogens is 358 g/mol. The quantitative estimate of drug-likeness (QED) is 0.817. The number of carbonyl (C=O) groups excluding carboxylic acids is 1. The molecule has 2 aliphatic heterocycles. The molecule has 3 aliphatic rings. The summed E-state index contributed by atoms with van der Waals surface area (Å²) < 4.78 is 0. The van der Waals surface area contributed by atoms with E-state index in [1.165, 1.54) is 11.1 Å². The van der Waals surface area contributed by atoms with Gasteiger partial charge < -0.3 is 10.2 Å². The van der Waals surface area contributed by atoms with Crippen LogP contribution in [0.25, 0.3) is 11.8 Å². The molecule has 1 atom stereocenters. The van der Waals surface area contributed by atoms with Crippen LogP contribution in [-0.4, -0.2) is 28.4 Å². The Morgan fingerprint density at radius 1 is 1.10 bits per heavy atom. The number of allylic oxidation sites excluding steroid dienone is 3. The Balaban J connectivity index is 1.56. The standard InChI is InChI=1S/C25H21N3O/c29-23(14-13-19-10-6-7-16-26-19)28-17-15-21-20-11-4-5-12-22(20)27-24(21)25(28)18-8-2-1-3-9-18/h1-14,16,22,27H,15,17H2/b14-13+. The minimum absolute atomic E-state index is 0.0335. The van der Waals surface area contributed by atoms with E-state index in [2.05, 4.69) is 46.7 Å². The van der Waals surface area contributed by atoms with Crippen LogP contribution < -0.4 is 5.32 Å². The first-order valence-electron chi connectivity index (χ1n) is 9.86. The highest BCUT2D eigenvalue weighted by molar-refractivity contribution is 5.99. The largest absolute Gasteiger partial charge is 0.373 e. The van der Waals surface area contributed by atoms with E-state index in [-0.39, 0.29) is 11.9 Å². The zero-order valence-corrected chi connectivity index (χ0v) is 16.0. The number of nitrogens with one attached hydrogen (secondary N) is 1. The summed E-state index contributed by atoms with van der Waals surface area (Å²) in [6.07, 6.45) is 14.5. The van der Waals surface area contributed by atoms with Crippen LogP contribution in [0.15, 0.2) is 102 Å². The number of rotatable bonds is 3. The first kappa shape index (κ1) is 17.4. The van der Waals surface area contributed by atoms with Crippen LogP contribution >= 0.6 is 0 Å². The molecule has 142 valence electrons. The van der Waals surface area contributed by atoms with E-state index in [0.29, 0.717) is 6.54 Å². The second kappa shape index (κ2) is 7.40. The minimum Gasteiger partial charge on any atom is -0.373 e. The van der Waals surface area contributed by atoms with Crippen molar-refractivity contribution in [3.05, 3.63) is 113 Å². The minimum atomic E-state index is -0.0335. The van der Waals surface area contributed by atoms with Gasteiger partial charge in [0.25, 0.3) is 5.91 Å². The van der Waals surface area contributed by atoms with Gasteiger partial charge in [0, 0.05) is 24.4 Å².